The van der Waals surface area contributed by atoms with Crippen LogP contribution in [0.2, 0.25) is 0 Å². The van der Waals surface area contributed by atoms with Gasteiger partial charge >= 0.3 is 0 Å². The number of hydrogen-bond acceptors (Lipinski definition) is 5. The Balaban J connectivity index is 1.41. The number of nitrogens with zero attached hydrogens (tertiary/aromatic N) is 7. The largest absolute Gasteiger partial charge is 0.368 e. The van der Waals surface area contributed by atoms with E-state index in [0.717, 1.165) is 17.8 Å². The first kappa shape index (κ1) is 13.7. The summed E-state index contributed by atoms with van der Waals surface area (Å²) >= 11 is 0. The molecular weight excluding hydrogens is 310 g/mol. The molecule has 0 spiro atoms. The summed E-state index contributed by atoms with van der Waals surface area (Å²) in [5.74, 6) is -0.00163. The molecule has 9 heteroatoms. The molecule has 9 nitrogen and oxygen atoms in total. The van der Waals surface area contributed by atoms with E-state index in [9.17, 15) is 4.79 Å². The minimum Gasteiger partial charge on any atom is -0.368 e. The lowest BCUT2D eigenvalue weighted by molar-refractivity contribution is -0.0627. The number of aryl methyl sites for hydroxylation is 1. The first-order valence-electron chi connectivity index (χ1n) is 8.01. The van der Waals surface area contributed by atoms with Gasteiger partial charge in [0.15, 0.2) is 0 Å². The van der Waals surface area contributed by atoms with E-state index in [1.807, 2.05) is 33.6 Å². The molecule has 2 aliphatic rings. The summed E-state index contributed by atoms with van der Waals surface area (Å²) in [5, 5.41) is 12.4. The molecule has 3 aromatic heterocycles. The highest BCUT2D eigenvalue weighted by Crippen LogP contribution is 2.31. The molecule has 1 saturated heterocycles. The fourth-order valence-corrected chi connectivity index (χ4v) is 3.74. The average Bonchev–Trinajstić information content (AvgIpc) is 3.31. The molecule has 0 aliphatic carbocycles. The lowest BCUT2D eigenvalue weighted by Crippen LogP contribution is -2.50. The van der Waals surface area contributed by atoms with Crippen molar-refractivity contribution in [1.29, 1.82) is 0 Å². The number of ether oxygens (including phenoxy) is 1. The summed E-state index contributed by atoms with van der Waals surface area (Å²) in [4.78, 5) is 14.8. The molecule has 0 radical (unpaired) electrons. The summed E-state index contributed by atoms with van der Waals surface area (Å²) in [7, 11) is 1.91. The van der Waals surface area contributed by atoms with Gasteiger partial charge in [-0.15, -0.1) is 5.10 Å². The SMILES string of the molecule is Cn1ccn2ncc(C(=O)N3CC[C@H]4[C@H](C3)OCc3cnnn34)c12. The Bertz CT molecular complexity index is 923. The Morgan fingerprint density at radius 2 is 2.25 bits per heavy atom. The summed E-state index contributed by atoms with van der Waals surface area (Å²) in [6, 6.07) is 0.155. The maximum atomic E-state index is 13.0. The topological polar surface area (TPSA) is 82.5 Å². The van der Waals surface area contributed by atoms with Crippen LogP contribution in [-0.2, 0) is 18.4 Å². The van der Waals surface area contributed by atoms with Crippen molar-refractivity contribution in [3.05, 3.63) is 36.0 Å². The third kappa shape index (κ3) is 1.84. The fourth-order valence-electron chi connectivity index (χ4n) is 3.74. The van der Waals surface area contributed by atoms with E-state index in [-0.39, 0.29) is 18.1 Å². The number of amides is 1. The number of piperidine rings is 1. The van der Waals surface area contributed by atoms with Crippen LogP contribution in [0.25, 0.3) is 5.65 Å². The lowest BCUT2D eigenvalue weighted by atomic mass is 9.99. The van der Waals surface area contributed by atoms with Crippen molar-refractivity contribution in [2.45, 2.75) is 25.2 Å². The zero-order valence-electron chi connectivity index (χ0n) is 13.2. The molecule has 24 heavy (non-hydrogen) atoms. The second kappa shape index (κ2) is 4.91. The van der Waals surface area contributed by atoms with E-state index in [1.54, 1.807) is 16.9 Å². The van der Waals surface area contributed by atoms with Crippen molar-refractivity contribution in [1.82, 2.24) is 34.1 Å². The molecule has 0 N–H and O–H groups in total. The number of rotatable bonds is 1. The molecule has 0 saturated carbocycles. The van der Waals surface area contributed by atoms with Crippen molar-refractivity contribution >= 4 is 11.6 Å². The van der Waals surface area contributed by atoms with E-state index in [1.165, 1.54) is 0 Å². The van der Waals surface area contributed by atoms with Gasteiger partial charge in [-0.2, -0.15) is 5.10 Å². The first-order valence-corrected chi connectivity index (χ1v) is 8.01. The number of carbonyl (C=O) groups excluding carboxylic acids is 1. The van der Waals surface area contributed by atoms with Gasteiger partial charge in [0, 0.05) is 32.5 Å². The number of carbonyl (C=O) groups is 1. The Kier molecular flexibility index (Phi) is 2.81. The summed E-state index contributed by atoms with van der Waals surface area (Å²) in [6.07, 6.45) is 7.88. The molecule has 124 valence electrons. The molecule has 1 fully saturated rings. The van der Waals surface area contributed by atoms with Gasteiger partial charge in [-0.25, -0.2) is 9.20 Å². The van der Waals surface area contributed by atoms with Crippen LogP contribution < -0.4 is 0 Å². The van der Waals surface area contributed by atoms with Gasteiger partial charge < -0.3 is 14.2 Å². The average molecular weight is 327 g/mol. The van der Waals surface area contributed by atoms with Gasteiger partial charge in [0.25, 0.3) is 5.91 Å². The van der Waals surface area contributed by atoms with Crippen LogP contribution in [0.5, 0.6) is 0 Å². The van der Waals surface area contributed by atoms with Gasteiger partial charge in [0.1, 0.15) is 11.2 Å². The van der Waals surface area contributed by atoms with Gasteiger partial charge in [-0.3, -0.25) is 4.79 Å². The summed E-state index contributed by atoms with van der Waals surface area (Å²) in [5.41, 5.74) is 2.43. The highest BCUT2D eigenvalue weighted by atomic mass is 16.5. The third-order valence-corrected chi connectivity index (χ3v) is 4.99. The first-order chi connectivity index (χ1) is 11.7. The minimum absolute atomic E-state index is 0.00163. The van der Waals surface area contributed by atoms with Crippen LogP contribution >= 0.6 is 0 Å². The molecule has 3 aromatic rings. The highest BCUT2D eigenvalue weighted by Gasteiger charge is 2.38. The number of likely N-dealkylation sites (tertiary alicyclic amines) is 1. The van der Waals surface area contributed by atoms with E-state index in [0.29, 0.717) is 25.3 Å². The van der Waals surface area contributed by atoms with Crippen LogP contribution in [-0.4, -0.2) is 59.2 Å². The Morgan fingerprint density at radius 3 is 3.17 bits per heavy atom. The van der Waals surface area contributed by atoms with Gasteiger partial charge in [0.2, 0.25) is 0 Å². The maximum Gasteiger partial charge on any atom is 0.259 e. The number of imidazole rings is 1. The van der Waals surface area contributed by atoms with E-state index >= 15 is 0 Å². The van der Waals surface area contributed by atoms with E-state index in [4.69, 9.17) is 4.74 Å². The van der Waals surface area contributed by atoms with Crippen LogP contribution in [0.1, 0.15) is 28.5 Å². The van der Waals surface area contributed by atoms with Crippen LogP contribution in [0.4, 0.5) is 0 Å². The van der Waals surface area contributed by atoms with Crippen LogP contribution in [0.3, 0.4) is 0 Å². The lowest BCUT2D eigenvalue weighted by Gasteiger charge is -2.40. The second-order valence-corrected chi connectivity index (χ2v) is 6.36. The molecule has 2 atom stereocenters. The fraction of sp³-hybridized carbons (Fsp3) is 0.467. The van der Waals surface area contributed by atoms with Crippen molar-refractivity contribution in [3.8, 4) is 0 Å². The number of fused-ring (bicyclic) bond motifs is 4. The number of hydrogen-bond donors (Lipinski definition) is 0. The molecular formula is C15H17N7O2. The zero-order chi connectivity index (χ0) is 16.3. The van der Waals surface area contributed by atoms with Gasteiger partial charge in [-0.05, 0) is 6.42 Å². The zero-order valence-corrected chi connectivity index (χ0v) is 13.2. The van der Waals surface area contributed by atoms with Crippen molar-refractivity contribution in [2.75, 3.05) is 13.1 Å². The molecule has 0 bridgehead atoms. The Hall–Kier alpha value is -2.68. The van der Waals surface area contributed by atoms with Crippen molar-refractivity contribution in [3.63, 3.8) is 0 Å². The van der Waals surface area contributed by atoms with E-state index in [2.05, 4.69) is 15.4 Å². The van der Waals surface area contributed by atoms with Crippen LogP contribution in [0.15, 0.2) is 24.8 Å². The summed E-state index contributed by atoms with van der Waals surface area (Å²) in [6.45, 7) is 1.72. The molecule has 2 aliphatic heterocycles. The molecule has 5 heterocycles. The van der Waals surface area contributed by atoms with E-state index < -0.39 is 0 Å². The normalized spacial score (nSPS) is 23.3. The predicted octanol–water partition coefficient (Wildman–Crippen LogP) is 0.250. The minimum atomic E-state index is -0.0450. The number of aromatic nitrogens is 6. The molecule has 1 amide bonds. The Morgan fingerprint density at radius 1 is 1.33 bits per heavy atom. The van der Waals surface area contributed by atoms with Gasteiger partial charge in [0.05, 0.1) is 36.8 Å². The molecule has 5 rings (SSSR count). The van der Waals surface area contributed by atoms with Crippen LogP contribution in [0, 0.1) is 0 Å². The Labute approximate surface area is 137 Å². The van der Waals surface area contributed by atoms with Crippen molar-refractivity contribution < 1.29 is 9.53 Å². The monoisotopic (exact) mass is 327 g/mol. The summed E-state index contributed by atoms with van der Waals surface area (Å²) < 4.78 is 11.5. The molecule has 0 aromatic carbocycles. The highest BCUT2D eigenvalue weighted by molar-refractivity contribution is 5.99. The smallest absolute Gasteiger partial charge is 0.259 e. The van der Waals surface area contributed by atoms with Gasteiger partial charge in [-0.1, -0.05) is 5.21 Å². The third-order valence-electron chi connectivity index (χ3n) is 4.99. The maximum absolute atomic E-state index is 13.0. The molecule has 0 unspecified atom stereocenters. The predicted molar refractivity (Wildman–Crippen MR) is 82.3 cm³/mol. The van der Waals surface area contributed by atoms with Crippen molar-refractivity contribution in [2.24, 2.45) is 7.05 Å². The standard InChI is InChI=1S/C15H17N7O2/c1-19-4-5-21-14(19)11(7-17-21)15(23)20-3-2-12-13(8-20)24-9-10-6-16-18-22(10)12/h4-7,12-13H,2-3,8-9H2,1H3/t12-,13-/m0/s1. The second-order valence-electron chi connectivity index (χ2n) is 6.36. The quantitative estimate of drug-likeness (QED) is 0.640.